The molecule has 0 aromatic heterocycles. The molecule has 0 atom stereocenters. The number of ether oxygens (including phenoxy) is 1. The van der Waals surface area contributed by atoms with Crippen molar-refractivity contribution in [2.24, 2.45) is 0 Å². The van der Waals surface area contributed by atoms with Crippen LogP contribution >= 0.6 is 0 Å². The summed E-state index contributed by atoms with van der Waals surface area (Å²) in [6, 6.07) is 0. The van der Waals surface area contributed by atoms with Crippen molar-refractivity contribution >= 4 is 5.97 Å². The summed E-state index contributed by atoms with van der Waals surface area (Å²) in [5.74, 6) is -5.75. The zero-order chi connectivity index (χ0) is 11.0. The third-order valence-electron chi connectivity index (χ3n) is 2.34. The van der Waals surface area contributed by atoms with Crippen molar-refractivity contribution in [1.82, 2.24) is 4.90 Å². The quantitative estimate of drug-likeness (QED) is 0.729. The van der Waals surface area contributed by atoms with Crippen LogP contribution in [0.3, 0.4) is 0 Å². The van der Waals surface area contributed by atoms with Crippen molar-refractivity contribution in [3.8, 4) is 0 Å². The Hall–Kier alpha value is -0.750. The Morgan fingerprint density at radius 2 is 2.14 bits per heavy atom. The van der Waals surface area contributed by atoms with Gasteiger partial charge in [-0.2, -0.15) is 8.78 Å². The molecule has 1 N–H and O–H groups in total. The zero-order valence-corrected chi connectivity index (χ0v) is 8.09. The Morgan fingerprint density at radius 3 is 2.50 bits per heavy atom. The van der Waals surface area contributed by atoms with Gasteiger partial charge in [0.05, 0.1) is 12.1 Å². The normalized spacial score (nSPS) is 21.7. The number of nitrogens with zero attached hydrogens (tertiary/aromatic N) is 1. The Balaban J connectivity index is 2.40. The molecule has 0 aromatic rings. The smallest absolute Gasteiger partial charge is 0.375 e. The average Bonchev–Trinajstić information content (AvgIpc) is 2.00. The summed E-state index contributed by atoms with van der Waals surface area (Å²) in [5.41, 5.74) is -0.408. The van der Waals surface area contributed by atoms with Gasteiger partial charge in [-0.1, -0.05) is 0 Å². The number of likely N-dealkylation sites (tertiary alicyclic amines) is 1. The van der Waals surface area contributed by atoms with Crippen LogP contribution in [0.5, 0.6) is 0 Å². The summed E-state index contributed by atoms with van der Waals surface area (Å²) >= 11 is 0. The molecule has 0 amide bonds. The fourth-order valence-corrected chi connectivity index (χ4v) is 1.49. The highest BCUT2D eigenvalue weighted by Gasteiger charge is 2.47. The van der Waals surface area contributed by atoms with Crippen LogP contribution in [0.4, 0.5) is 8.78 Å². The Morgan fingerprint density at radius 1 is 1.64 bits per heavy atom. The highest BCUT2D eigenvalue weighted by Crippen LogP contribution is 2.27. The zero-order valence-electron chi connectivity index (χ0n) is 8.09. The van der Waals surface area contributed by atoms with Crippen molar-refractivity contribution in [3.63, 3.8) is 0 Å². The van der Waals surface area contributed by atoms with Gasteiger partial charge >= 0.3 is 11.9 Å². The van der Waals surface area contributed by atoms with Gasteiger partial charge in [0.25, 0.3) is 0 Å². The summed E-state index contributed by atoms with van der Waals surface area (Å²) in [5, 5.41) is 8.19. The second kappa shape index (κ2) is 3.43. The first-order valence-electron chi connectivity index (χ1n) is 4.18. The molecule has 0 saturated carbocycles. The van der Waals surface area contributed by atoms with E-state index in [1.807, 2.05) is 0 Å². The number of hydrogen-bond acceptors (Lipinski definition) is 3. The first-order valence-corrected chi connectivity index (χ1v) is 4.18. The number of rotatable bonds is 4. The molecule has 6 heteroatoms. The van der Waals surface area contributed by atoms with E-state index in [-0.39, 0.29) is 0 Å². The number of methoxy groups -OCH3 is 1. The molecule has 0 spiro atoms. The number of aliphatic carboxylic acids is 1. The van der Waals surface area contributed by atoms with Gasteiger partial charge < -0.3 is 9.84 Å². The second-order valence-electron chi connectivity index (χ2n) is 3.81. The third-order valence-corrected chi connectivity index (χ3v) is 2.34. The van der Waals surface area contributed by atoms with Crippen LogP contribution in [-0.2, 0) is 9.53 Å². The molecular weight excluding hydrogens is 196 g/mol. The molecule has 0 aromatic carbocycles. The van der Waals surface area contributed by atoms with Gasteiger partial charge in [0, 0.05) is 20.2 Å². The van der Waals surface area contributed by atoms with Gasteiger partial charge in [-0.05, 0) is 6.92 Å². The van der Waals surface area contributed by atoms with E-state index in [0.29, 0.717) is 13.1 Å². The van der Waals surface area contributed by atoms with E-state index in [0.717, 1.165) is 0 Å². The lowest BCUT2D eigenvalue weighted by molar-refractivity contribution is -0.179. The maximum Gasteiger partial charge on any atom is 0.375 e. The van der Waals surface area contributed by atoms with Crippen LogP contribution in [-0.4, -0.2) is 54.2 Å². The molecule has 1 rings (SSSR count). The molecule has 1 fully saturated rings. The van der Waals surface area contributed by atoms with Gasteiger partial charge in [-0.25, -0.2) is 4.79 Å². The predicted molar refractivity (Wildman–Crippen MR) is 44.4 cm³/mol. The fraction of sp³-hybridized carbons (Fsp3) is 0.875. The minimum atomic E-state index is -3.67. The standard InChI is InChI=1S/C8H13F2NO3/c1-7(14-2)3-11(4-7)5-8(9,10)6(12)13/h3-5H2,1-2H3,(H,12,13). The maximum atomic E-state index is 12.7. The Labute approximate surface area is 80.4 Å². The van der Waals surface area contributed by atoms with Crippen LogP contribution in [0.1, 0.15) is 6.92 Å². The van der Waals surface area contributed by atoms with E-state index in [4.69, 9.17) is 9.84 Å². The van der Waals surface area contributed by atoms with Gasteiger partial charge in [-0.15, -0.1) is 0 Å². The van der Waals surface area contributed by atoms with E-state index in [9.17, 15) is 13.6 Å². The summed E-state index contributed by atoms with van der Waals surface area (Å²) in [4.78, 5) is 11.5. The molecule has 1 heterocycles. The van der Waals surface area contributed by atoms with Crippen molar-refractivity contribution in [2.45, 2.75) is 18.4 Å². The minimum Gasteiger partial charge on any atom is -0.477 e. The molecule has 1 saturated heterocycles. The summed E-state index contributed by atoms with van der Waals surface area (Å²) < 4.78 is 30.4. The fourth-order valence-electron chi connectivity index (χ4n) is 1.49. The van der Waals surface area contributed by atoms with Gasteiger partial charge in [0.15, 0.2) is 0 Å². The maximum absolute atomic E-state index is 12.7. The molecular formula is C8H13F2NO3. The molecule has 0 unspecified atom stereocenters. The lowest BCUT2D eigenvalue weighted by Gasteiger charge is -2.47. The largest absolute Gasteiger partial charge is 0.477 e. The molecule has 14 heavy (non-hydrogen) atoms. The van der Waals surface area contributed by atoms with E-state index < -0.39 is 24.0 Å². The van der Waals surface area contributed by atoms with Crippen LogP contribution in [0.25, 0.3) is 0 Å². The number of carboxylic acid groups (broad SMARTS) is 1. The molecule has 0 radical (unpaired) electrons. The van der Waals surface area contributed by atoms with E-state index in [2.05, 4.69) is 0 Å². The molecule has 0 bridgehead atoms. The van der Waals surface area contributed by atoms with E-state index in [1.54, 1.807) is 6.92 Å². The monoisotopic (exact) mass is 209 g/mol. The molecule has 4 nitrogen and oxygen atoms in total. The Kier molecular flexibility index (Phi) is 2.78. The van der Waals surface area contributed by atoms with Crippen LogP contribution in [0.15, 0.2) is 0 Å². The molecule has 82 valence electrons. The van der Waals surface area contributed by atoms with E-state index in [1.165, 1.54) is 12.0 Å². The Bertz CT molecular complexity index is 239. The number of alkyl halides is 2. The number of hydrogen-bond donors (Lipinski definition) is 1. The predicted octanol–water partition coefficient (Wildman–Crippen LogP) is 0.427. The van der Waals surface area contributed by atoms with Crippen molar-refractivity contribution < 1.29 is 23.4 Å². The van der Waals surface area contributed by atoms with Gasteiger partial charge in [-0.3, -0.25) is 4.90 Å². The average molecular weight is 209 g/mol. The summed E-state index contributed by atoms with van der Waals surface area (Å²) in [6.07, 6.45) is 0. The minimum absolute atomic E-state index is 0.340. The highest BCUT2D eigenvalue weighted by atomic mass is 19.3. The third kappa shape index (κ3) is 2.19. The first kappa shape index (κ1) is 11.3. The molecule has 1 aliphatic rings. The van der Waals surface area contributed by atoms with Crippen LogP contribution < -0.4 is 0 Å². The van der Waals surface area contributed by atoms with Crippen molar-refractivity contribution in [2.75, 3.05) is 26.7 Å². The van der Waals surface area contributed by atoms with Crippen LogP contribution in [0.2, 0.25) is 0 Å². The van der Waals surface area contributed by atoms with Crippen molar-refractivity contribution in [3.05, 3.63) is 0 Å². The highest BCUT2D eigenvalue weighted by molar-refractivity contribution is 5.75. The van der Waals surface area contributed by atoms with Gasteiger partial charge in [0.2, 0.25) is 0 Å². The number of carboxylic acids is 1. The summed E-state index contributed by atoms with van der Waals surface area (Å²) in [7, 11) is 1.51. The lowest BCUT2D eigenvalue weighted by atomic mass is 9.96. The molecule has 0 aliphatic carbocycles. The number of carbonyl (C=O) groups is 1. The SMILES string of the molecule is COC1(C)CN(CC(F)(F)C(=O)O)C1. The topological polar surface area (TPSA) is 49.8 Å². The second-order valence-corrected chi connectivity index (χ2v) is 3.81. The lowest BCUT2D eigenvalue weighted by Crippen LogP contribution is -2.63. The molecule has 1 aliphatic heterocycles. The van der Waals surface area contributed by atoms with Gasteiger partial charge in [0.1, 0.15) is 0 Å². The summed E-state index contributed by atoms with van der Waals surface area (Å²) in [6.45, 7) is 1.72. The van der Waals surface area contributed by atoms with E-state index >= 15 is 0 Å². The number of halogens is 2. The van der Waals surface area contributed by atoms with Crippen LogP contribution in [0, 0.1) is 0 Å². The first-order chi connectivity index (χ1) is 6.29. The van der Waals surface area contributed by atoms with Crippen molar-refractivity contribution in [1.29, 1.82) is 0 Å².